The summed E-state index contributed by atoms with van der Waals surface area (Å²) in [5, 5.41) is 53.8. The SMILES string of the molecule is CC1(C)C(/C=C/C=C/C=C/C=C2/N(CCC(=O)NC(CC(=O)[O-])C(=O)[O-])c3ccc4ccccc4c3C2(C)C)=[N+](CCC(=O)NC(CC(=O)[O-])C(=O)[O-])c2ccc3ccccc3c21.[Na+].[Na+].[Na+].[Na+]. The van der Waals surface area contributed by atoms with Gasteiger partial charge in [-0.25, -0.2) is 0 Å². The van der Waals surface area contributed by atoms with Crippen molar-refractivity contribution >= 4 is 74.3 Å². The van der Waals surface area contributed by atoms with Crippen molar-refractivity contribution in [3.8, 4) is 0 Å². The van der Waals surface area contributed by atoms with E-state index in [0.717, 1.165) is 55.5 Å². The molecule has 0 spiro atoms. The van der Waals surface area contributed by atoms with E-state index in [1.165, 1.54) is 0 Å². The maximum atomic E-state index is 12.9. The molecule has 14 nitrogen and oxygen atoms in total. The fraction of sp³-hybridized carbons (Fsp3) is 0.286. The van der Waals surface area contributed by atoms with Crippen LogP contribution < -0.4 is 154 Å². The quantitative estimate of drug-likeness (QED) is 0.0542. The molecule has 2 atom stereocenters. The van der Waals surface area contributed by atoms with E-state index in [9.17, 15) is 49.2 Å². The standard InChI is InChI=1S/C49H50N4O10.4Na/c1-48(2)38(52(26-24-40(54)50-34(46(60)61)28-42(56)57)36-22-20-30-14-10-12-16-32(30)44(36)48)18-8-6-5-7-9-19-39-49(3,4)45-33-17-13-11-15-31(33)21-23-37(45)53(39)27-25-41(55)51-35(47(62)63)29-43(58)59;;;;/h5-23,34-35H,24-29H2,1-4H3,(H5-,50,51,54,55,56,57,58,59,60,61,62,63);;;;/q;4*+1/p-3. The molecule has 0 aromatic heterocycles. The molecule has 0 bridgehead atoms. The van der Waals surface area contributed by atoms with Crippen LogP contribution in [0.3, 0.4) is 0 Å². The molecular weight excluding hydrogens is 897 g/mol. The first-order valence-corrected chi connectivity index (χ1v) is 20.5. The maximum absolute atomic E-state index is 12.9. The van der Waals surface area contributed by atoms with Gasteiger partial charge < -0.3 is 55.1 Å². The number of fused-ring (bicyclic) bond motifs is 6. The number of anilines is 1. The Morgan fingerprint density at radius 2 is 1.10 bits per heavy atom. The number of amides is 2. The van der Waals surface area contributed by atoms with Crippen LogP contribution in [0.15, 0.2) is 121 Å². The van der Waals surface area contributed by atoms with Crippen LogP contribution in [0.2, 0.25) is 0 Å². The van der Waals surface area contributed by atoms with Crippen LogP contribution in [0.4, 0.5) is 11.4 Å². The number of rotatable bonds is 18. The van der Waals surface area contributed by atoms with Gasteiger partial charge in [0.25, 0.3) is 0 Å². The van der Waals surface area contributed by atoms with E-state index in [1.807, 2.05) is 125 Å². The van der Waals surface area contributed by atoms with Gasteiger partial charge in [-0.2, -0.15) is 4.58 Å². The van der Waals surface area contributed by atoms with Crippen molar-refractivity contribution in [1.29, 1.82) is 0 Å². The number of carbonyl (C=O) groups excluding carboxylic acids is 6. The normalized spacial score (nSPS) is 15.8. The van der Waals surface area contributed by atoms with Crippen molar-refractivity contribution in [3.63, 3.8) is 0 Å². The molecule has 4 aromatic rings. The van der Waals surface area contributed by atoms with Crippen LogP contribution >= 0.6 is 0 Å². The van der Waals surface area contributed by atoms with Crippen LogP contribution in [0.25, 0.3) is 21.5 Å². The summed E-state index contributed by atoms with van der Waals surface area (Å²) in [5.74, 6) is -7.99. The number of hydrogen-bond donors (Lipinski definition) is 2. The molecule has 6 rings (SSSR count). The van der Waals surface area contributed by atoms with Crippen molar-refractivity contribution in [1.82, 2.24) is 10.6 Å². The molecule has 18 heteroatoms. The second-order valence-corrected chi connectivity index (χ2v) is 16.5. The van der Waals surface area contributed by atoms with Crippen molar-refractivity contribution in [2.24, 2.45) is 0 Å². The average Bonchev–Trinajstić information content (AvgIpc) is 3.58. The van der Waals surface area contributed by atoms with Gasteiger partial charge in [-0.1, -0.05) is 98.8 Å². The maximum Gasteiger partial charge on any atom is 1.00 e. The predicted molar refractivity (Wildman–Crippen MR) is 229 cm³/mol. The first kappa shape index (κ1) is 59.8. The summed E-state index contributed by atoms with van der Waals surface area (Å²) in [6.07, 6.45) is 11.2. The van der Waals surface area contributed by atoms with E-state index in [4.69, 9.17) is 0 Å². The van der Waals surface area contributed by atoms with Crippen LogP contribution in [-0.2, 0) is 39.6 Å². The molecule has 0 aliphatic carbocycles. The summed E-state index contributed by atoms with van der Waals surface area (Å²) in [5.41, 5.74) is 4.62. The summed E-state index contributed by atoms with van der Waals surface area (Å²) < 4.78 is 2.01. The largest absolute Gasteiger partial charge is 1.00 e. The Kier molecular flexibility index (Phi) is 23.2. The van der Waals surface area contributed by atoms with Gasteiger partial charge in [0.05, 0.1) is 35.9 Å². The monoisotopic (exact) mass is 943 g/mol. The molecule has 0 fully saturated rings. The number of carbonyl (C=O) groups is 6. The number of benzene rings is 4. The Hall–Kier alpha value is -3.35. The number of allylic oxidation sites excluding steroid dienone is 8. The minimum Gasteiger partial charge on any atom is -0.550 e. The molecule has 67 heavy (non-hydrogen) atoms. The number of nitrogens with zero attached hydrogens (tertiary/aromatic N) is 2. The molecule has 2 aliphatic rings. The van der Waals surface area contributed by atoms with E-state index in [0.29, 0.717) is 0 Å². The van der Waals surface area contributed by atoms with E-state index in [2.05, 4.69) is 38.3 Å². The van der Waals surface area contributed by atoms with E-state index in [-0.39, 0.29) is 144 Å². The molecule has 2 heterocycles. The van der Waals surface area contributed by atoms with E-state index < -0.39 is 71.4 Å². The molecule has 2 aliphatic heterocycles. The molecule has 2 amide bonds. The van der Waals surface area contributed by atoms with Crippen molar-refractivity contribution < 1.29 is 172 Å². The number of hydrogen-bond acceptors (Lipinski definition) is 11. The third-order valence-electron chi connectivity index (χ3n) is 11.6. The van der Waals surface area contributed by atoms with Gasteiger partial charge in [0.1, 0.15) is 0 Å². The third-order valence-corrected chi connectivity index (χ3v) is 11.6. The number of carboxylic acid groups (broad SMARTS) is 4. The van der Waals surface area contributed by atoms with Crippen LogP contribution in [0.1, 0.15) is 64.5 Å². The summed E-state index contributed by atoms with van der Waals surface area (Å²) in [6, 6.07) is 20.6. The number of carboxylic acids is 4. The Balaban J connectivity index is 0.00000385. The first-order valence-electron chi connectivity index (χ1n) is 20.5. The molecule has 0 radical (unpaired) electrons. The Labute approximate surface area is 477 Å². The summed E-state index contributed by atoms with van der Waals surface area (Å²) >= 11 is 0. The van der Waals surface area contributed by atoms with Gasteiger partial charge >= 0.3 is 118 Å². The average molecular weight is 944 g/mol. The minimum atomic E-state index is -1.73. The molecule has 2 unspecified atom stereocenters. The molecule has 0 saturated carbocycles. The van der Waals surface area contributed by atoms with Crippen LogP contribution in [0.5, 0.6) is 0 Å². The molecule has 326 valence electrons. The zero-order chi connectivity index (χ0) is 45.6. The van der Waals surface area contributed by atoms with Crippen molar-refractivity contribution in [3.05, 3.63) is 132 Å². The van der Waals surface area contributed by atoms with Gasteiger partial charge in [0.15, 0.2) is 12.3 Å². The second-order valence-electron chi connectivity index (χ2n) is 16.5. The summed E-state index contributed by atoms with van der Waals surface area (Å²) in [4.78, 5) is 73.0. The Bertz CT molecular complexity index is 2690. The van der Waals surface area contributed by atoms with Gasteiger partial charge in [0, 0.05) is 72.3 Å². The topological polar surface area (TPSA) is 225 Å². The third kappa shape index (κ3) is 13.9. The van der Waals surface area contributed by atoms with Gasteiger partial charge in [0.2, 0.25) is 17.5 Å². The second kappa shape index (κ2) is 26.0. The molecular formula is C49H47N4Na4O10+. The molecule has 4 aromatic carbocycles. The van der Waals surface area contributed by atoms with Crippen molar-refractivity contribution in [2.45, 2.75) is 76.3 Å². The zero-order valence-corrected chi connectivity index (χ0v) is 47.3. The Morgan fingerprint density at radius 3 is 1.66 bits per heavy atom. The number of aliphatic carboxylic acids is 4. The van der Waals surface area contributed by atoms with Gasteiger partial charge in [-0.3, -0.25) is 9.59 Å². The van der Waals surface area contributed by atoms with Crippen LogP contribution in [0, 0.1) is 0 Å². The summed E-state index contributed by atoms with van der Waals surface area (Å²) in [6.45, 7) is 8.71. The molecule has 0 saturated heterocycles. The minimum absolute atomic E-state index is 0. The van der Waals surface area contributed by atoms with Gasteiger partial charge in [-0.05, 0) is 59.2 Å². The predicted octanol–water partition coefficient (Wildman–Crippen LogP) is -10.7. The number of nitrogens with one attached hydrogen (secondary N) is 2. The Morgan fingerprint density at radius 1 is 0.612 bits per heavy atom. The fourth-order valence-electron chi connectivity index (χ4n) is 8.72. The zero-order valence-electron chi connectivity index (χ0n) is 39.3. The van der Waals surface area contributed by atoms with E-state index in [1.54, 1.807) is 0 Å². The summed E-state index contributed by atoms with van der Waals surface area (Å²) in [7, 11) is 0. The molecule has 2 N–H and O–H groups in total. The smallest absolute Gasteiger partial charge is 0.550 e. The van der Waals surface area contributed by atoms with Gasteiger partial charge in [-0.15, -0.1) is 0 Å². The van der Waals surface area contributed by atoms with Crippen molar-refractivity contribution in [2.75, 3.05) is 18.0 Å². The van der Waals surface area contributed by atoms with Crippen LogP contribution in [-0.4, -0.2) is 71.2 Å². The first-order chi connectivity index (χ1) is 29.9. The van der Waals surface area contributed by atoms with E-state index >= 15 is 0 Å². The fourth-order valence-corrected chi connectivity index (χ4v) is 8.72.